The van der Waals surface area contributed by atoms with Gasteiger partial charge in [-0.3, -0.25) is 4.90 Å². The zero-order valence-corrected chi connectivity index (χ0v) is 14.2. The highest BCUT2D eigenvalue weighted by atomic mass is 15.3. The summed E-state index contributed by atoms with van der Waals surface area (Å²) in [4.78, 5) is 5.14. The average Bonchev–Trinajstić information content (AvgIpc) is 2.56. The Labute approximate surface area is 135 Å². The van der Waals surface area contributed by atoms with Gasteiger partial charge in [-0.25, -0.2) is 0 Å². The fourth-order valence-corrected chi connectivity index (χ4v) is 3.80. The first-order valence-corrected chi connectivity index (χ1v) is 9.01. The molecule has 2 fully saturated rings. The van der Waals surface area contributed by atoms with Gasteiger partial charge in [-0.15, -0.1) is 0 Å². The van der Waals surface area contributed by atoms with Crippen LogP contribution in [0.2, 0.25) is 0 Å². The quantitative estimate of drug-likeness (QED) is 0.922. The highest BCUT2D eigenvalue weighted by Gasteiger charge is 2.19. The SMILES string of the molecule is CC(C)N1CCN(c2cccc(CC3CCNCC3)c2)CC1. The van der Waals surface area contributed by atoms with E-state index in [0.717, 1.165) is 19.0 Å². The van der Waals surface area contributed by atoms with E-state index in [1.165, 1.54) is 56.7 Å². The van der Waals surface area contributed by atoms with Crippen LogP contribution in [0.4, 0.5) is 5.69 Å². The summed E-state index contributed by atoms with van der Waals surface area (Å²) < 4.78 is 0. The summed E-state index contributed by atoms with van der Waals surface area (Å²) in [6, 6.07) is 9.97. The van der Waals surface area contributed by atoms with Crippen molar-refractivity contribution in [1.29, 1.82) is 0 Å². The van der Waals surface area contributed by atoms with Crippen LogP contribution in [0.3, 0.4) is 0 Å². The number of anilines is 1. The van der Waals surface area contributed by atoms with Crippen molar-refractivity contribution in [2.24, 2.45) is 5.92 Å². The number of nitrogens with one attached hydrogen (secondary N) is 1. The summed E-state index contributed by atoms with van der Waals surface area (Å²) in [6.45, 7) is 11.7. The van der Waals surface area contributed by atoms with Crippen LogP contribution in [-0.2, 0) is 6.42 Å². The van der Waals surface area contributed by atoms with Crippen LogP contribution in [0.1, 0.15) is 32.3 Å². The fourth-order valence-electron chi connectivity index (χ4n) is 3.80. The summed E-state index contributed by atoms with van der Waals surface area (Å²) >= 11 is 0. The highest BCUT2D eigenvalue weighted by molar-refractivity contribution is 5.49. The molecule has 1 N–H and O–H groups in total. The van der Waals surface area contributed by atoms with Crippen LogP contribution in [-0.4, -0.2) is 50.2 Å². The van der Waals surface area contributed by atoms with Gasteiger partial charge in [0.15, 0.2) is 0 Å². The van der Waals surface area contributed by atoms with Crippen LogP contribution >= 0.6 is 0 Å². The molecule has 0 saturated carbocycles. The molecule has 3 heteroatoms. The number of hydrogen-bond donors (Lipinski definition) is 1. The molecule has 3 nitrogen and oxygen atoms in total. The molecule has 0 aliphatic carbocycles. The van der Waals surface area contributed by atoms with Crippen molar-refractivity contribution >= 4 is 5.69 Å². The third-order valence-corrected chi connectivity index (χ3v) is 5.30. The van der Waals surface area contributed by atoms with E-state index in [-0.39, 0.29) is 0 Å². The van der Waals surface area contributed by atoms with Crippen LogP contribution < -0.4 is 10.2 Å². The van der Waals surface area contributed by atoms with E-state index >= 15 is 0 Å². The molecular formula is C19H31N3. The molecule has 2 heterocycles. The lowest BCUT2D eigenvalue weighted by atomic mass is 9.91. The first-order chi connectivity index (χ1) is 10.7. The topological polar surface area (TPSA) is 18.5 Å². The van der Waals surface area contributed by atoms with E-state index in [4.69, 9.17) is 0 Å². The third-order valence-electron chi connectivity index (χ3n) is 5.30. The second-order valence-corrected chi connectivity index (χ2v) is 7.18. The standard InChI is InChI=1S/C19H31N3/c1-16(2)21-10-12-22(13-11-21)19-5-3-4-18(15-19)14-17-6-8-20-9-7-17/h3-5,15-17,20H,6-14H2,1-2H3. The smallest absolute Gasteiger partial charge is 0.0369 e. The van der Waals surface area contributed by atoms with Gasteiger partial charge in [0, 0.05) is 37.9 Å². The minimum absolute atomic E-state index is 0.674. The van der Waals surface area contributed by atoms with Gasteiger partial charge < -0.3 is 10.2 Å². The molecule has 122 valence electrons. The van der Waals surface area contributed by atoms with E-state index in [0.29, 0.717) is 6.04 Å². The van der Waals surface area contributed by atoms with Crippen molar-refractivity contribution in [1.82, 2.24) is 10.2 Å². The van der Waals surface area contributed by atoms with Gasteiger partial charge in [0.2, 0.25) is 0 Å². The third kappa shape index (κ3) is 4.02. The van der Waals surface area contributed by atoms with Gasteiger partial charge in [0.25, 0.3) is 0 Å². The molecule has 22 heavy (non-hydrogen) atoms. The molecule has 0 atom stereocenters. The first-order valence-electron chi connectivity index (χ1n) is 9.01. The molecule has 2 saturated heterocycles. The molecule has 2 aliphatic heterocycles. The zero-order chi connectivity index (χ0) is 15.4. The largest absolute Gasteiger partial charge is 0.369 e. The maximum Gasteiger partial charge on any atom is 0.0369 e. The Morgan fingerprint density at radius 1 is 1.09 bits per heavy atom. The molecule has 0 spiro atoms. The summed E-state index contributed by atoms with van der Waals surface area (Å²) in [7, 11) is 0. The average molecular weight is 301 g/mol. The summed E-state index contributed by atoms with van der Waals surface area (Å²) in [5, 5.41) is 3.46. The lowest BCUT2D eigenvalue weighted by Gasteiger charge is -2.38. The van der Waals surface area contributed by atoms with Gasteiger partial charge in [-0.1, -0.05) is 12.1 Å². The van der Waals surface area contributed by atoms with Crippen molar-refractivity contribution in [3.8, 4) is 0 Å². The molecule has 2 aliphatic rings. The number of piperidine rings is 1. The second kappa shape index (κ2) is 7.47. The van der Waals surface area contributed by atoms with Crippen LogP contribution in [0.5, 0.6) is 0 Å². The van der Waals surface area contributed by atoms with E-state index < -0.39 is 0 Å². The number of hydrogen-bond acceptors (Lipinski definition) is 3. The Kier molecular flexibility index (Phi) is 5.37. The molecular weight excluding hydrogens is 270 g/mol. The van der Waals surface area contributed by atoms with E-state index in [2.05, 4.69) is 53.2 Å². The predicted octanol–water partition coefficient (Wildman–Crippen LogP) is 2.76. The second-order valence-electron chi connectivity index (χ2n) is 7.18. The van der Waals surface area contributed by atoms with E-state index in [1.54, 1.807) is 0 Å². The fraction of sp³-hybridized carbons (Fsp3) is 0.684. The molecule has 0 aromatic heterocycles. The molecule has 1 aromatic carbocycles. The first kappa shape index (κ1) is 15.8. The summed E-state index contributed by atoms with van der Waals surface area (Å²) in [5.41, 5.74) is 2.95. The number of rotatable bonds is 4. The Morgan fingerprint density at radius 3 is 2.50 bits per heavy atom. The van der Waals surface area contributed by atoms with Gasteiger partial charge in [0.1, 0.15) is 0 Å². The molecule has 0 radical (unpaired) electrons. The molecule has 0 bridgehead atoms. The molecule has 0 amide bonds. The van der Waals surface area contributed by atoms with Crippen molar-refractivity contribution in [2.45, 2.75) is 39.2 Å². The Balaban J connectivity index is 1.59. The monoisotopic (exact) mass is 301 g/mol. The molecule has 1 aromatic rings. The Bertz CT molecular complexity index is 458. The Hall–Kier alpha value is -1.06. The van der Waals surface area contributed by atoms with Gasteiger partial charge in [-0.05, 0) is 69.8 Å². The zero-order valence-electron chi connectivity index (χ0n) is 14.2. The summed E-state index contributed by atoms with van der Waals surface area (Å²) in [6.07, 6.45) is 3.91. The van der Waals surface area contributed by atoms with E-state index in [9.17, 15) is 0 Å². The van der Waals surface area contributed by atoms with Gasteiger partial charge in [0.05, 0.1) is 0 Å². The predicted molar refractivity (Wildman–Crippen MR) is 94.7 cm³/mol. The highest BCUT2D eigenvalue weighted by Crippen LogP contribution is 2.23. The van der Waals surface area contributed by atoms with Crippen molar-refractivity contribution in [3.05, 3.63) is 29.8 Å². The normalized spacial score (nSPS) is 21.5. The van der Waals surface area contributed by atoms with Crippen LogP contribution in [0.25, 0.3) is 0 Å². The maximum atomic E-state index is 3.46. The van der Waals surface area contributed by atoms with Crippen molar-refractivity contribution in [3.63, 3.8) is 0 Å². The van der Waals surface area contributed by atoms with Crippen molar-refractivity contribution in [2.75, 3.05) is 44.2 Å². The number of piperazine rings is 1. The molecule has 3 rings (SSSR count). The molecule has 0 unspecified atom stereocenters. The minimum atomic E-state index is 0.674. The Morgan fingerprint density at radius 2 is 1.82 bits per heavy atom. The number of benzene rings is 1. The lowest BCUT2D eigenvalue weighted by Crippen LogP contribution is -2.48. The van der Waals surface area contributed by atoms with Crippen LogP contribution in [0.15, 0.2) is 24.3 Å². The van der Waals surface area contributed by atoms with Gasteiger partial charge >= 0.3 is 0 Å². The maximum absolute atomic E-state index is 3.46. The van der Waals surface area contributed by atoms with Crippen LogP contribution in [0, 0.1) is 5.92 Å². The van der Waals surface area contributed by atoms with Crippen molar-refractivity contribution < 1.29 is 0 Å². The lowest BCUT2D eigenvalue weighted by molar-refractivity contribution is 0.209. The minimum Gasteiger partial charge on any atom is -0.369 e. The number of nitrogens with zero attached hydrogens (tertiary/aromatic N) is 2. The van der Waals surface area contributed by atoms with Gasteiger partial charge in [-0.2, -0.15) is 0 Å². The van der Waals surface area contributed by atoms with E-state index in [1.807, 2.05) is 0 Å². The summed E-state index contributed by atoms with van der Waals surface area (Å²) in [5.74, 6) is 0.870.